The number of hydrogen-bond acceptors (Lipinski definition) is 8. The summed E-state index contributed by atoms with van der Waals surface area (Å²) in [6.45, 7) is 0.306. The van der Waals surface area contributed by atoms with Crippen LogP contribution in [0, 0.1) is 0 Å². The zero-order chi connectivity index (χ0) is 21.3. The third-order valence-corrected chi connectivity index (χ3v) is 6.44. The van der Waals surface area contributed by atoms with Crippen molar-refractivity contribution in [1.82, 2.24) is 0 Å². The van der Waals surface area contributed by atoms with E-state index in [1.165, 1.54) is 25.1 Å². The molecule has 2 aromatic carbocycles. The van der Waals surface area contributed by atoms with E-state index in [0.29, 0.717) is 6.07 Å². The molecule has 0 aliphatic rings. The number of anilines is 1. The molecule has 0 heterocycles. The Labute approximate surface area is 160 Å². The molecule has 0 bridgehead atoms. The van der Waals surface area contributed by atoms with Crippen molar-refractivity contribution in [2.75, 3.05) is 17.7 Å². The molecule has 2 rings (SSSR count). The van der Waals surface area contributed by atoms with E-state index in [1.54, 1.807) is 0 Å². The number of benzene rings is 2. The molecule has 0 aromatic heterocycles. The normalized spacial score (nSPS) is 12.8. The number of hydrogen-bond donors (Lipinski definition) is 3. The zero-order valence-corrected chi connectivity index (χ0v) is 16.6. The van der Waals surface area contributed by atoms with Crippen LogP contribution in [0.4, 0.5) is 5.69 Å². The fraction of sp³-hybridized carbons (Fsp3) is 0.214. The van der Waals surface area contributed by atoms with Gasteiger partial charge in [0.2, 0.25) is 5.91 Å². The van der Waals surface area contributed by atoms with Crippen LogP contribution in [0.25, 0.3) is 10.8 Å². The molecule has 2 aromatic rings. The van der Waals surface area contributed by atoms with Gasteiger partial charge in [0, 0.05) is 18.0 Å². The fourth-order valence-corrected chi connectivity index (χ4v) is 4.70. The van der Waals surface area contributed by atoms with Crippen molar-refractivity contribution >= 4 is 52.7 Å². The predicted octanol–water partition coefficient (Wildman–Crippen LogP) is 0.638. The maximum atomic E-state index is 12.6. The van der Waals surface area contributed by atoms with Crippen LogP contribution in [0.3, 0.4) is 0 Å². The first-order valence-electron chi connectivity index (χ1n) is 7.36. The molecule has 0 saturated carbocycles. The van der Waals surface area contributed by atoms with Gasteiger partial charge in [0.1, 0.15) is 0 Å². The third kappa shape index (κ3) is 5.70. The summed E-state index contributed by atoms with van der Waals surface area (Å²) >= 11 is 0. The SMILES string of the molecule is CC(=O)Nc1ccc2cc(S(=O)(=O)O)cc(S(=O)(=O)CCOS(=O)(=O)O)c2c1. The lowest BCUT2D eigenvalue weighted by atomic mass is 10.1. The molecule has 11 nitrogen and oxygen atoms in total. The maximum Gasteiger partial charge on any atom is 0.397 e. The number of fused-ring (bicyclic) bond motifs is 1. The lowest BCUT2D eigenvalue weighted by Gasteiger charge is -2.12. The Morgan fingerprint density at radius 3 is 2.21 bits per heavy atom. The second-order valence-electron chi connectivity index (χ2n) is 5.58. The van der Waals surface area contributed by atoms with Gasteiger partial charge in [-0.1, -0.05) is 6.07 Å². The Morgan fingerprint density at radius 1 is 1.04 bits per heavy atom. The molecule has 0 aliphatic carbocycles. The van der Waals surface area contributed by atoms with Gasteiger partial charge in [0.15, 0.2) is 9.84 Å². The molecule has 0 atom stereocenters. The smallest absolute Gasteiger partial charge is 0.326 e. The van der Waals surface area contributed by atoms with Crippen LogP contribution in [-0.4, -0.2) is 52.6 Å². The Kier molecular flexibility index (Phi) is 6.13. The molecule has 0 aliphatic heterocycles. The molecule has 0 spiro atoms. The molecular formula is C14H15NO10S3. The molecule has 154 valence electrons. The second kappa shape index (κ2) is 7.73. The number of carbonyl (C=O) groups is 1. The van der Waals surface area contributed by atoms with E-state index in [1.807, 2.05) is 0 Å². The van der Waals surface area contributed by atoms with Crippen molar-refractivity contribution in [1.29, 1.82) is 0 Å². The highest BCUT2D eigenvalue weighted by atomic mass is 32.3. The highest BCUT2D eigenvalue weighted by Crippen LogP contribution is 2.30. The van der Waals surface area contributed by atoms with Gasteiger partial charge in [-0.25, -0.2) is 12.6 Å². The number of sulfone groups is 1. The third-order valence-electron chi connectivity index (χ3n) is 3.43. The first-order chi connectivity index (χ1) is 12.7. The van der Waals surface area contributed by atoms with Gasteiger partial charge in [-0.05, 0) is 29.7 Å². The minimum absolute atomic E-state index is 0.0190. The van der Waals surface area contributed by atoms with Crippen molar-refractivity contribution in [3.05, 3.63) is 30.3 Å². The fourth-order valence-electron chi connectivity index (χ4n) is 2.34. The molecular weight excluding hydrogens is 438 g/mol. The Bertz CT molecular complexity index is 1250. The minimum atomic E-state index is -4.87. The summed E-state index contributed by atoms with van der Waals surface area (Å²) in [6.07, 6.45) is 0. The van der Waals surface area contributed by atoms with Gasteiger partial charge in [0.05, 0.1) is 22.2 Å². The number of amides is 1. The van der Waals surface area contributed by atoms with Crippen molar-refractivity contribution in [2.24, 2.45) is 0 Å². The van der Waals surface area contributed by atoms with Crippen LogP contribution in [0.15, 0.2) is 40.1 Å². The van der Waals surface area contributed by atoms with Gasteiger partial charge in [0.25, 0.3) is 10.1 Å². The average molecular weight is 453 g/mol. The van der Waals surface area contributed by atoms with E-state index in [4.69, 9.17) is 4.55 Å². The van der Waals surface area contributed by atoms with Crippen LogP contribution >= 0.6 is 0 Å². The van der Waals surface area contributed by atoms with E-state index in [2.05, 4.69) is 9.50 Å². The van der Waals surface area contributed by atoms with Crippen LogP contribution in [0.2, 0.25) is 0 Å². The number of carbonyl (C=O) groups excluding carboxylic acids is 1. The summed E-state index contributed by atoms with van der Waals surface area (Å²) in [5.74, 6) is -1.35. The van der Waals surface area contributed by atoms with E-state index in [-0.39, 0.29) is 16.5 Å². The second-order valence-corrected chi connectivity index (χ2v) is 10.2. The van der Waals surface area contributed by atoms with Crippen molar-refractivity contribution in [3.8, 4) is 0 Å². The summed E-state index contributed by atoms with van der Waals surface area (Å²) in [5, 5.41) is 2.59. The Hall–Kier alpha value is -2.10. The van der Waals surface area contributed by atoms with Crippen LogP contribution < -0.4 is 5.32 Å². The summed E-state index contributed by atoms with van der Waals surface area (Å²) in [6, 6.07) is 5.76. The first-order valence-corrected chi connectivity index (χ1v) is 11.8. The average Bonchev–Trinajstić information content (AvgIpc) is 2.50. The summed E-state index contributed by atoms with van der Waals surface area (Å²) < 4.78 is 91.2. The number of nitrogens with one attached hydrogen (secondary N) is 1. The first kappa shape index (κ1) is 22.2. The largest absolute Gasteiger partial charge is 0.397 e. The van der Waals surface area contributed by atoms with Crippen LogP contribution in [0.5, 0.6) is 0 Å². The Balaban J connectivity index is 2.66. The van der Waals surface area contributed by atoms with E-state index >= 15 is 0 Å². The molecule has 1 amide bonds. The van der Waals surface area contributed by atoms with Crippen LogP contribution in [0.1, 0.15) is 6.92 Å². The van der Waals surface area contributed by atoms with Gasteiger partial charge in [-0.2, -0.15) is 16.8 Å². The molecule has 0 radical (unpaired) electrons. The summed E-state index contributed by atoms with van der Waals surface area (Å²) in [5.41, 5.74) is 0.227. The van der Waals surface area contributed by atoms with Gasteiger partial charge in [-0.3, -0.25) is 13.9 Å². The Morgan fingerprint density at radius 2 is 1.68 bits per heavy atom. The summed E-state index contributed by atoms with van der Waals surface area (Å²) in [4.78, 5) is 9.98. The highest BCUT2D eigenvalue weighted by molar-refractivity contribution is 7.91. The van der Waals surface area contributed by atoms with Gasteiger partial charge >= 0.3 is 10.4 Å². The monoisotopic (exact) mass is 453 g/mol. The highest BCUT2D eigenvalue weighted by Gasteiger charge is 2.23. The molecule has 3 N–H and O–H groups in total. The molecule has 0 saturated heterocycles. The lowest BCUT2D eigenvalue weighted by Crippen LogP contribution is -2.16. The lowest BCUT2D eigenvalue weighted by molar-refractivity contribution is -0.114. The van der Waals surface area contributed by atoms with Gasteiger partial charge in [-0.15, -0.1) is 0 Å². The van der Waals surface area contributed by atoms with E-state index < -0.39 is 58.4 Å². The molecule has 14 heteroatoms. The minimum Gasteiger partial charge on any atom is -0.326 e. The topological polar surface area (TPSA) is 181 Å². The molecule has 0 fully saturated rings. The van der Waals surface area contributed by atoms with Crippen molar-refractivity contribution in [3.63, 3.8) is 0 Å². The summed E-state index contributed by atoms with van der Waals surface area (Å²) in [7, 11) is -13.9. The van der Waals surface area contributed by atoms with Crippen LogP contribution in [-0.2, 0) is 39.3 Å². The predicted molar refractivity (Wildman–Crippen MR) is 97.6 cm³/mol. The van der Waals surface area contributed by atoms with Crippen molar-refractivity contribution in [2.45, 2.75) is 16.7 Å². The number of rotatable bonds is 7. The standard InChI is InChI=1S/C14H15NO10S3/c1-9(16)15-11-3-2-10-6-12(27(19,20)21)8-14(13(10)7-11)26(17,18)5-4-25-28(22,23)24/h2-3,6-8H,4-5H2,1H3,(H,15,16)(H,19,20,21)(H,22,23,24). The van der Waals surface area contributed by atoms with E-state index in [0.717, 1.165) is 6.07 Å². The van der Waals surface area contributed by atoms with Gasteiger partial charge < -0.3 is 5.32 Å². The quantitative estimate of drug-likeness (QED) is 0.503. The van der Waals surface area contributed by atoms with E-state index in [9.17, 15) is 34.6 Å². The van der Waals surface area contributed by atoms with Crippen molar-refractivity contribution < 1.29 is 43.3 Å². The maximum absolute atomic E-state index is 12.6. The molecule has 0 unspecified atom stereocenters. The molecule has 28 heavy (non-hydrogen) atoms. The zero-order valence-electron chi connectivity index (χ0n) is 14.2.